The number of anilines is 1. The molecular formula is C18H18N3O3S+. The van der Waals surface area contributed by atoms with Crippen molar-refractivity contribution in [2.75, 3.05) is 11.1 Å². The third-order valence-electron chi connectivity index (χ3n) is 3.52. The summed E-state index contributed by atoms with van der Waals surface area (Å²) < 4.78 is 6.45. The fourth-order valence-electron chi connectivity index (χ4n) is 2.23. The summed E-state index contributed by atoms with van der Waals surface area (Å²) in [5.74, 6) is 0.371. The minimum Gasteiger partial charge on any atom is -0.326 e. The number of hydrogen-bond acceptors (Lipinski definition) is 4. The van der Waals surface area contributed by atoms with Crippen molar-refractivity contribution in [3.8, 4) is 5.69 Å². The number of nitrogens with one attached hydrogen (secondary N) is 2. The number of aryl methyl sites for hydroxylation is 1. The molecule has 0 saturated heterocycles. The Balaban J connectivity index is 1.59. The summed E-state index contributed by atoms with van der Waals surface area (Å²) in [6.07, 6.45) is 0.290. The Hall–Kier alpha value is -2.80. The van der Waals surface area contributed by atoms with Crippen molar-refractivity contribution >= 4 is 23.4 Å². The highest BCUT2D eigenvalue weighted by Gasteiger charge is 2.23. The van der Waals surface area contributed by atoms with Gasteiger partial charge in [0.05, 0.1) is 0 Å². The third kappa shape index (κ3) is 4.39. The molecule has 0 unspecified atom stereocenters. The van der Waals surface area contributed by atoms with Crippen LogP contribution < -0.4 is 15.6 Å². The number of rotatable bonds is 6. The van der Waals surface area contributed by atoms with Gasteiger partial charge in [-0.2, -0.15) is 0 Å². The van der Waals surface area contributed by atoms with E-state index in [9.17, 15) is 9.59 Å². The van der Waals surface area contributed by atoms with Gasteiger partial charge in [-0.15, -0.1) is 0 Å². The molecular weight excluding hydrogens is 338 g/mol. The summed E-state index contributed by atoms with van der Waals surface area (Å²) in [5, 5.41) is 5.83. The fraction of sp³-hybridized carbons (Fsp3) is 0.167. The van der Waals surface area contributed by atoms with E-state index in [4.69, 9.17) is 4.52 Å². The second-order valence-electron chi connectivity index (χ2n) is 5.47. The summed E-state index contributed by atoms with van der Waals surface area (Å²) in [6.45, 7) is 1.99. The minimum absolute atomic E-state index is 0.0949. The van der Waals surface area contributed by atoms with E-state index in [2.05, 4.69) is 10.6 Å². The first-order chi connectivity index (χ1) is 12.1. The van der Waals surface area contributed by atoms with E-state index in [1.807, 2.05) is 61.5 Å². The van der Waals surface area contributed by atoms with Crippen molar-refractivity contribution in [2.24, 2.45) is 0 Å². The molecule has 3 aromatic rings. The zero-order valence-corrected chi connectivity index (χ0v) is 14.5. The highest BCUT2D eigenvalue weighted by atomic mass is 32.2. The third-order valence-corrected chi connectivity index (χ3v) is 4.56. The lowest BCUT2D eigenvalue weighted by Crippen LogP contribution is -2.36. The Morgan fingerprint density at radius 3 is 2.60 bits per heavy atom. The fourth-order valence-corrected chi connectivity index (χ4v) is 3.15. The largest absolute Gasteiger partial charge is 0.442 e. The molecule has 0 atom stereocenters. The normalized spacial score (nSPS) is 10.6. The van der Waals surface area contributed by atoms with Gasteiger partial charge in [0, 0.05) is 30.0 Å². The average molecular weight is 356 g/mol. The SMILES string of the molecule is Cc1ccc(NC(=O)CCSc2c(=O)o[nH][n+]2-c2ccccc2)cc1. The van der Waals surface area contributed by atoms with E-state index in [1.165, 1.54) is 11.8 Å². The molecule has 0 spiro atoms. The number of benzene rings is 2. The topological polar surface area (TPSA) is 79.0 Å². The Kier molecular flexibility index (Phi) is 5.35. The zero-order valence-electron chi connectivity index (χ0n) is 13.7. The van der Waals surface area contributed by atoms with Gasteiger partial charge in [0.2, 0.25) is 11.6 Å². The number of carbonyl (C=O) groups excluding carboxylic acids is 1. The molecule has 0 bridgehead atoms. The number of aromatic nitrogens is 2. The molecule has 0 radical (unpaired) electrons. The molecule has 1 heterocycles. The molecule has 0 fully saturated rings. The summed E-state index contributed by atoms with van der Waals surface area (Å²) in [7, 11) is 0. The van der Waals surface area contributed by atoms with Crippen LogP contribution in [0.25, 0.3) is 5.69 Å². The van der Waals surface area contributed by atoms with Crippen LogP contribution in [0.2, 0.25) is 0 Å². The van der Waals surface area contributed by atoms with Crippen LogP contribution in [0.15, 0.2) is 68.9 Å². The van der Waals surface area contributed by atoms with Crippen LogP contribution in [0, 0.1) is 6.92 Å². The Morgan fingerprint density at radius 1 is 1.16 bits per heavy atom. The molecule has 3 rings (SSSR count). The standard InChI is InChI=1S/C18H17N3O3S/c1-13-7-9-14(10-8-13)19-16(22)11-12-25-17-18(23)24-20-21(17)15-5-3-2-4-6-15/h2-10H,11-12H2,1H3,(H-,19,20,22,23)/p+1. The molecule has 6 nitrogen and oxygen atoms in total. The predicted molar refractivity (Wildman–Crippen MR) is 96.0 cm³/mol. The number of H-pyrrole nitrogens is 1. The second-order valence-corrected chi connectivity index (χ2v) is 6.55. The van der Waals surface area contributed by atoms with Gasteiger partial charge in [-0.25, -0.2) is 4.79 Å². The highest BCUT2D eigenvalue weighted by Crippen LogP contribution is 2.14. The summed E-state index contributed by atoms with van der Waals surface area (Å²) in [5.41, 5.74) is 2.24. The van der Waals surface area contributed by atoms with Gasteiger partial charge in [0.15, 0.2) is 0 Å². The van der Waals surface area contributed by atoms with E-state index < -0.39 is 5.63 Å². The molecule has 2 N–H and O–H groups in total. The van der Waals surface area contributed by atoms with Crippen LogP contribution in [-0.2, 0) is 4.79 Å². The quantitative estimate of drug-likeness (QED) is 0.526. The number of carbonyl (C=O) groups is 1. The monoisotopic (exact) mass is 356 g/mol. The smallest absolute Gasteiger partial charge is 0.326 e. The number of amides is 1. The maximum Gasteiger partial charge on any atom is 0.442 e. The van der Waals surface area contributed by atoms with Crippen LogP contribution in [0.1, 0.15) is 12.0 Å². The molecule has 2 aromatic carbocycles. The van der Waals surface area contributed by atoms with Gasteiger partial charge >= 0.3 is 10.7 Å². The van der Waals surface area contributed by atoms with Crippen LogP contribution in [0.3, 0.4) is 0 Å². The van der Waals surface area contributed by atoms with Crippen molar-refractivity contribution in [1.29, 1.82) is 0 Å². The lowest BCUT2D eigenvalue weighted by molar-refractivity contribution is -0.704. The average Bonchev–Trinajstić information content (AvgIpc) is 2.99. The molecule has 1 amide bonds. The van der Waals surface area contributed by atoms with E-state index >= 15 is 0 Å². The van der Waals surface area contributed by atoms with Crippen molar-refractivity contribution in [3.05, 3.63) is 70.6 Å². The molecule has 0 aliphatic carbocycles. The van der Waals surface area contributed by atoms with Gasteiger partial charge in [-0.3, -0.25) is 9.32 Å². The minimum atomic E-state index is -0.451. The van der Waals surface area contributed by atoms with Gasteiger partial charge in [0.25, 0.3) is 0 Å². The second kappa shape index (κ2) is 7.85. The van der Waals surface area contributed by atoms with Crippen molar-refractivity contribution in [2.45, 2.75) is 18.4 Å². The van der Waals surface area contributed by atoms with Crippen molar-refractivity contribution in [1.82, 2.24) is 5.27 Å². The van der Waals surface area contributed by atoms with E-state index in [0.29, 0.717) is 10.8 Å². The van der Waals surface area contributed by atoms with Crippen LogP contribution in [0.5, 0.6) is 0 Å². The molecule has 0 aliphatic rings. The highest BCUT2D eigenvalue weighted by molar-refractivity contribution is 7.99. The first-order valence-electron chi connectivity index (χ1n) is 7.82. The molecule has 128 valence electrons. The molecule has 7 heteroatoms. The van der Waals surface area contributed by atoms with E-state index in [1.54, 1.807) is 4.68 Å². The van der Waals surface area contributed by atoms with Crippen LogP contribution in [0.4, 0.5) is 5.69 Å². The lowest BCUT2D eigenvalue weighted by Gasteiger charge is -2.04. The number of thioether (sulfide) groups is 1. The zero-order chi connectivity index (χ0) is 17.6. The van der Waals surface area contributed by atoms with E-state index in [0.717, 1.165) is 16.9 Å². The first kappa shape index (κ1) is 17.0. The van der Waals surface area contributed by atoms with Crippen LogP contribution >= 0.6 is 11.8 Å². The molecule has 0 saturated carbocycles. The Bertz CT molecular complexity index is 901. The number of nitrogens with zero attached hydrogens (tertiary/aromatic N) is 1. The van der Waals surface area contributed by atoms with Gasteiger partial charge in [-0.05, 0) is 40.8 Å². The lowest BCUT2D eigenvalue weighted by atomic mass is 10.2. The van der Waals surface area contributed by atoms with Gasteiger partial charge < -0.3 is 5.32 Å². The summed E-state index contributed by atoms with van der Waals surface area (Å²) >= 11 is 1.28. The van der Waals surface area contributed by atoms with Crippen molar-refractivity contribution in [3.63, 3.8) is 0 Å². The summed E-state index contributed by atoms with van der Waals surface area (Å²) in [6, 6.07) is 17.0. The molecule has 25 heavy (non-hydrogen) atoms. The Morgan fingerprint density at radius 2 is 1.88 bits per heavy atom. The molecule has 1 aromatic heterocycles. The predicted octanol–water partition coefficient (Wildman–Crippen LogP) is 2.67. The number of para-hydroxylation sites is 1. The van der Waals surface area contributed by atoms with Gasteiger partial charge in [-0.1, -0.05) is 35.9 Å². The number of hydrogen-bond donors (Lipinski definition) is 2. The van der Waals surface area contributed by atoms with Gasteiger partial charge in [0.1, 0.15) is 0 Å². The summed E-state index contributed by atoms with van der Waals surface area (Å²) in [4.78, 5) is 23.9. The number of aromatic amines is 1. The molecule has 0 aliphatic heterocycles. The first-order valence-corrected chi connectivity index (χ1v) is 8.80. The maximum absolute atomic E-state index is 12.0. The Labute approximate surface area is 148 Å². The van der Waals surface area contributed by atoms with E-state index in [-0.39, 0.29) is 12.3 Å². The van der Waals surface area contributed by atoms with Crippen molar-refractivity contribution < 1.29 is 14.0 Å². The maximum atomic E-state index is 12.0. The van der Waals surface area contributed by atoms with Crippen LogP contribution in [-0.4, -0.2) is 16.9 Å².